The van der Waals surface area contributed by atoms with E-state index in [9.17, 15) is 4.79 Å². The quantitative estimate of drug-likeness (QED) is 0.896. The van der Waals surface area contributed by atoms with Gasteiger partial charge in [0, 0.05) is 17.8 Å². The summed E-state index contributed by atoms with van der Waals surface area (Å²) in [4.78, 5) is 12.1. The molecule has 2 N–H and O–H groups in total. The van der Waals surface area contributed by atoms with E-state index in [0.717, 1.165) is 43.0 Å². The molecule has 1 aromatic carbocycles. The van der Waals surface area contributed by atoms with Gasteiger partial charge in [-0.05, 0) is 38.4 Å². The first-order chi connectivity index (χ1) is 10.3. The van der Waals surface area contributed by atoms with E-state index in [2.05, 4.69) is 20.8 Å². The zero-order valence-corrected chi connectivity index (χ0v) is 12.0. The normalized spacial score (nSPS) is 17.9. The minimum Gasteiger partial charge on any atom is -0.325 e. The second-order valence-electron chi connectivity index (χ2n) is 5.16. The van der Waals surface area contributed by atoms with Crippen molar-refractivity contribution in [3.05, 3.63) is 30.6 Å². The average molecular weight is 285 g/mol. The molecule has 0 saturated carbocycles. The Morgan fingerprint density at radius 3 is 3.19 bits per heavy atom. The van der Waals surface area contributed by atoms with Gasteiger partial charge in [0.2, 0.25) is 5.91 Å². The molecule has 0 aliphatic carbocycles. The van der Waals surface area contributed by atoms with Crippen molar-refractivity contribution in [2.45, 2.75) is 32.4 Å². The number of rotatable bonds is 4. The Kier molecular flexibility index (Phi) is 3.96. The number of amides is 1. The van der Waals surface area contributed by atoms with Crippen LogP contribution in [0.15, 0.2) is 30.6 Å². The van der Waals surface area contributed by atoms with Crippen molar-refractivity contribution in [2.75, 3.05) is 11.9 Å². The third-order valence-electron chi connectivity index (χ3n) is 3.72. The number of anilines is 1. The third-order valence-corrected chi connectivity index (χ3v) is 3.72. The van der Waals surface area contributed by atoms with E-state index in [1.54, 1.807) is 6.33 Å². The molecule has 1 aliphatic heterocycles. The monoisotopic (exact) mass is 285 g/mol. The van der Waals surface area contributed by atoms with Crippen LogP contribution in [-0.4, -0.2) is 33.3 Å². The van der Waals surface area contributed by atoms with Crippen LogP contribution in [0.4, 0.5) is 5.69 Å². The Balaban J connectivity index is 1.78. The van der Waals surface area contributed by atoms with Gasteiger partial charge in [0.15, 0.2) is 5.82 Å². The second kappa shape index (κ2) is 6.05. The van der Waals surface area contributed by atoms with Crippen LogP contribution in [0.25, 0.3) is 11.4 Å². The van der Waals surface area contributed by atoms with Crippen LogP contribution in [0.5, 0.6) is 0 Å². The van der Waals surface area contributed by atoms with E-state index < -0.39 is 0 Å². The van der Waals surface area contributed by atoms with Crippen LogP contribution >= 0.6 is 0 Å². The first-order valence-electron chi connectivity index (χ1n) is 7.30. The fourth-order valence-corrected chi connectivity index (χ4v) is 2.58. The molecule has 1 aliphatic rings. The van der Waals surface area contributed by atoms with Crippen LogP contribution < -0.4 is 10.6 Å². The SMILES string of the molecule is CCn1cnnc1-c1cccc(NC(=O)C2CCCN2)c1. The summed E-state index contributed by atoms with van der Waals surface area (Å²) < 4.78 is 1.97. The minimum atomic E-state index is -0.0760. The van der Waals surface area contributed by atoms with Gasteiger partial charge in [-0.3, -0.25) is 4.79 Å². The Hall–Kier alpha value is -2.21. The molecule has 1 amide bonds. The van der Waals surface area contributed by atoms with E-state index in [1.807, 2.05) is 35.8 Å². The summed E-state index contributed by atoms with van der Waals surface area (Å²) in [7, 11) is 0. The van der Waals surface area contributed by atoms with Crippen molar-refractivity contribution in [3.8, 4) is 11.4 Å². The molecule has 0 radical (unpaired) electrons. The lowest BCUT2D eigenvalue weighted by atomic mass is 10.1. The molecule has 3 rings (SSSR count). The molecule has 110 valence electrons. The summed E-state index contributed by atoms with van der Waals surface area (Å²) >= 11 is 0. The lowest BCUT2D eigenvalue weighted by molar-refractivity contribution is -0.117. The Labute approximate surface area is 123 Å². The average Bonchev–Trinajstić information content (AvgIpc) is 3.18. The molecule has 0 spiro atoms. The highest BCUT2D eigenvalue weighted by Crippen LogP contribution is 2.21. The van der Waals surface area contributed by atoms with Crippen LogP contribution in [0, 0.1) is 0 Å². The molecule has 6 nitrogen and oxygen atoms in total. The number of nitrogens with one attached hydrogen (secondary N) is 2. The van der Waals surface area contributed by atoms with Crippen molar-refractivity contribution in [3.63, 3.8) is 0 Å². The van der Waals surface area contributed by atoms with E-state index in [-0.39, 0.29) is 11.9 Å². The van der Waals surface area contributed by atoms with Crippen molar-refractivity contribution >= 4 is 11.6 Å². The van der Waals surface area contributed by atoms with E-state index >= 15 is 0 Å². The molecule has 1 unspecified atom stereocenters. The van der Waals surface area contributed by atoms with Crippen LogP contribution in [0.2, 0.25) is 0 Å². The lowest BCUT2D eigenvalue weighted by Gasteiger charge is -2.12. The summed E-state index contributed by atoms with van der Waals surface area (Å²) in [6.07, 6.45) is 3.66. The van der Waals surface area contributed by atoms with Crippen LogP contribution in [0.1, 0.15) is 19.8 Å². The van der Waals surface area contributed by atoms with Gasteiger partial charge in [-0.25, -0.2) is 0 Å². The number of nitrogens with zero attached hydrogens (tertiary/aromatic N) is 3. The highest BCUT2D eigenvalue weighted by Gasteiger charge is 2.22. The highest BCUT2D eigenvalue weighted by molar-refractivity contribution is 5.95. The molecular formula is C15H19N5O. The second-order valence-corrected chi connectivity index (χ2v) is 5.16. The number of hydrogen-bond donors (Lipinski definition) is 2. The van der Waals surface area contributed by atoms with E-state index in [0.29, 0.717) is 0 Å². The van der Waals surface area contributed by atoms with Gasteiger partial charge in [-0.1, -0.05) is 12.1 Å². The van der Waals surface area contributed by atoms with E-state index in [4.69, 9.17) is 0 Å². The molecule has 1 atom stereocenters. The molecule has 0 bridgehead atoms. The molecule has 1 saturated heterocycles. The maximum atomic E-state index is 12.1. The number of aryl methyl sites for hydroxylation is 1. The van der Waals surface area contributed by atoms with Crippen molar-refractivity contribution in [1.29, 1.82) is 0 Å². The highest BCUT2D eigenvalue weighted by atomic mass is 16.2. The minimum absolute atomic E-state index is 0.0293. The lowest BCUT2D eigenvalue weighted by Crippen LogP contribution is -2.35. The van der Waals surface area contributed by atoms with Crippen molar-refractivity contribution in [2.24, 2.45) is 0 Å². The maximum absolute atomic E-state index is 12.1. The first kappa shape index (κ1) is 13.8. The van der Waals surface area contributed by atoms with E-state index in [1.165, 1.54) is 0 Å². The molecule has 2 aromatic rings. The zero-order chi connectivity index (χ0) is 14.7. The molecule has 2 heterocycles. The topological polar surface area (TPSA) is 71.8 Å². The number of carbonyl (C=O) groups excluding carboxylic acids is 1. The summed E-state index contributed by atoms with van der Waals surface area (Å²) in [5.74, 6) is 0.842. The molecule has 1 aromatic heterocycles. The largest absolute Gasteiger partial charge is 0.325 e. The molecule has 1 fully saturated rings. The predicted octanol–water partition coefficient (Wildman–Crippen LogP) is 1.66. The van der Waals surface area contributed by atoms with Gasteiger partial charge in [-0.2, -0.15) is 0 Å². The summed E-state index contributed by atoms with van der Waals surface area (Å²) in [6.45, 7) is 3.77. The van der Waals surface area contributed by atoms with Gasteiger partial charge in [0.1, 0.15) is 6.33 Å². The number of aromatic nitrogens is 3. The zero-order valence-electron chi connectivity index (χ0n) is 12.0. The Morgan fingerprint density at radius 2 is 2.43 bits per heavy atom. The van der Waals surface area contributed by atoms with Crippen molar-refractivity contribution in [1.82, 2.24) is 20.1 Å². The van der Waals surface area contributed by atoms with Crippen molar-refractivity contribution < 1.29 is 4.79 Å². The first-order valence-corrected chi connectivity index (χ1v) is 7.30. The van der Waals surface area contributed by atoms with Gasteiger partial charge in [-0.15, -0.1) is 10.2 Å². The third kappa shape index (κ3) is 2.95. The number of hydrogen-bond acceptors (Lipinski definition) is 4. The van der Waals surface area contributed by atoms with Crippen LogP contribution in [-0.2, 0) is 11.3 Å². The molecule has 6 heteroatoms. The molecular weight excluding hydrogens is 266 g/mol. The standard InChI is InChI=1S/C15H19N5O/c1-2-20-10-17-19-14(20)11-5-3-6-12(9-11)18-15(21)13-7-4-8-16-13/h3,5-6,9-10,13,16H,2,4,7-8H2,1H3,(H,18,21). The molecule has 21 heavy (non-hydrogen) atoms. The van der Waals surface area contributed by atoms with Gasteiger partial charge in [0.05, 0.1) is 6.04 Å². The number of benzene rings is 1. The smallest absolute Gasteiger partial charge is 0.241 e. The fourth-order valence-electron chi connectivity index (χ4n) is 2.58. The summed E-state index contributed by atoms with van der Waals surface area (Å²) in [5.41, 5.74) is 1.74. The van der Waals surface area contributed by atoms with Gasteiger partial charge < -0.3 is 15.2 Å². The fraction of sp³-hybridized carbons (Fsp3) is 0.400. The van der Waals surface area contributed by atoms with Gasteiger partial charge in [0.25, 0.3) is 0 Å². The predicted molar refractivity (Wildman–Crippen MR) is 80.8 cm³/mol. The Morgan fingerprint density at radius 1 is 1.52 bits per heavy atom. The van der Waals surface area contributed by atoms with Crippen LogP contribution in [0.3, 0.4) is 0 Å². The summed E-state index contributed by atoms with van der Waals surface area (Å²) in [5, 5.41) is 14.2. The maximum Gasteiger partial charge on any atom is 0.241 e. The number of carbonyl (C=O) groups is 1. The van der Waals surface area contributed by atoms with Gasteiger partial charge >= 0.3 is 0 Å². The summed E-state index contributed by atoms with van der Waals surface area (Å²) in [6, 6.07) is 7.64. The Bertz CT molecular complexity index is 630.